The predicted molar refractivity (Wildman–Crippen MR) is 66.4 cm³/mol. The van der Waals surface area contributed by atoms with Gasteiger partial charge in [0.15, 0.2) is 0 Å². The molecule has 1 aliphatic heterocycles. The molecule has 92 valence electrons. The first-order chi connectivity index (χ1) is 7.70. The summed E-state index contributed by atoms with van der Waals surface area (Å²) in [6.07, 6.45) is 8.25. The molecule has 2 heteroatoms. The van der Waals surface area contributed by atoms with Crippen LogP contribution in [-0.2, 0) is 4.79 Å². The molecule has 0 bridgehead atoms. The lowest BCUT2D eigenvalue weighted by Crippen LogP contribution is -2.50. The average molecular weight is 223 g/mol. The van der Waals surface area contributed by atoms with Crippen LogP contribution >= 0.6 is 0 Å². The van der Waals surface area contributed by atoms with Gasteiger partial charge in [0.1, 0.15) is 5.78 Å². The lowest BCUT2D eigenvalue weighted by atomic mass is 9.78. The molecule has 1 saturated heterocycles. The van der Waals surface area contributed by atoms with Crippen molar-refractivity contribution in [2.24, 2.45) is 5.92 Å². The van der Waals surface area contributed by atoms with Gasteiger partial charge in [-0.3, -0.25) is 9.69 Å². The third-order valence-electron chi connectivity index (χ3n) is 4.32. The SMILES string of the molecule is CC(C)N1CCCCC1C1CCCCC1=O. The Kier molecular flexibility index (Phi) is 4.01. The van der Waals surface area contributed by atoms with Crippen molar-refractivity contribution < 1.29 is 4.79 Å². The van der Waals surface area contributed by atoms with Crippen LogP contribution in [0.25, 0.3) is 0 Å². The summed E-state index contributed by atoms with van der Waals surface area (Å²) in [6.45, 7) is 5.74. The third-order valence-corrected chi connectivity index (χ3v) is 4.32. The Morgan fingerprint density at radius 1 is 1.12 bits per heavy atom. The van der Waals surface area contributed by atoms with Gasteiger partial charge in [0.05, 0.1) is 0 Å². The molecule has 0 aromatic rings. The highest BCUT2D eigenvalue weighted by Crippen LogP contribution is 2.32. The molecule has 0 radical (unpaired) electrons. The van der Waals surface area contributed by atoms with E-state index in [1.54, 1.807) is 0 Å². The van der Waals surface area contributed by atoms with Crippen molar-refractivity contribution in [2.45, 2.75) is 70.9 Å². The van der Waals surface area contributed by atoms with Crippen molar-refractivity contribution in [1.29, 1.82) is 0 Å². The zero-order valence-electron chi connectivity index (χ0n) is 10.7. The molecule has 2 nitrogen and oxygen atoms in total. The smallest absolute Gasteiger partial charge is 0.137 e. The molecule has 2 atom stereocenters. The van der Waals surface area contributed by atoms with E-state index in [-0.39, 0.29) is 0 Å². The minimum atomic E-state index is 0.358. The Hall–Kier alpha value is -0.370. The van der Waals surface area contributed by atoms with Crippen LogP contribution in [0.1, 0.15) is 58.8 Å². The highest BCUT2D eigenvalue weighted by molar-refractivity contribution is 5.82. The van der Waals surface area contributed by atoms with Gasteiger partial charge in [-0.15, -0.1) is 0 Å². The molecule has 0 spiro atoms. The number of likely N-dealkylation sites (tertiary alicyclic amines) is 1. The van der Waals surface area contributed by atoms with Crippen molar-refractivity contribution >= 4 is 5.78 Å². The number of ketones is 1. The topological polar surface area (TPSA) is 20.3 Å². The second-order valence-corrected chi connectivity index (χ2v) is 5.71. The lowest BCUT2D eigenvalue weighted by molar-refractivity contribution is -0.128. The van der Waals surface area contributed by atoms with Gasteiger partial charge < -0.3 is 0 Å². The monoisotopic (exact) mass is 223 g/mol. The van der Waals surface area contributed by atoms with E-state index in [1.165, 1.54) is 32.2 Å². The number of hydrogen-bond acceptors (Lipinski definition) is 2. The second-order valence-electron chi connectivity index (χ2n) is 5.71. The standard InChI is InChI=1S/C14H25NO/c1-11(2)15-10-6-5-8-13(15)12-7-3-4-9-14(12)16/h11-13H,3-10H2,1-2H3. The maximum Gasteiger partial charge on any atom is 0.137 e. The Morgan fingerprint density at radius 3 is 2.56 bits per heavy atom. The molecule has 0 aromatic carbocycles. The van der Waals surface area contributed by atoms with Crippen LogP contribution in [0.15, 0.2) is 0 Å². The van der Waals surface area contributed by atoms with Gasteiger partial charge in [-0.2, -0.15) is 0 Å². The van der Waals surface area contributed by atoms with E-state index in [2.05, 4.69) is 18.7 Å². The Morgan fingerprint density at radius 2 is 1.88 bits per heavy atom. The molecule has 2 aliphatic rings. The average Bonchev–Trinajstić information content (AvgIpc) is 2.29. The van der Waals surface area contributed by atoms with Gasteiger partial charge in [0.25, 0.3) is 0 Å². The molecule has 2 fully saturated rings. The number of hydrogen-bond donors (Lipinski definition) is 0. The minimum Gasteiger partial charge on any atom is -0.299 e. The maximum atomic E-state index is 12.0. The van der Waals surface area contributed by atoms with Crippen molar-refractivity contribution in [1.82, 2.24) is 4.90 Å². The van der Waals surface area contributed by atoms with Crippen LogP contribution in [0.2, 0.25) is 0 Å². The fourth-order valence-corrected chi connectivity index (χ4v) is 3.47. The molecule has 1 saturated carbocycles. The van der Waals surface area contributed by atoms with Crippen LogP contribution in [0, 0.1) is 5.92 Å². The number of nitrogens with zero attached hydrogens (tertiary/aromatic N) is 1. The van der Waals surface area contributed by atoms with Crippen LogP contribution in [-0.4, -0.2) is 29.3 Å². The number of carbonyl (C=O) groups is 1. The van der Waals surface area contributed by atoms with E-state index in [0.29, 0.717) is 23.8 Å². The highest BCUT2D eigenvalue weighted by Gasteiger charge is 2.36. The summed E-state index contributed by atoms with van der Waals surface area (Å²) in [4.78, 5) is 14.6. The molecule has 1 aliphatic carbocycles. The summed E-state index contributed by atoms with van der Waals surface area (Å²) in [5, 5.41) is 0. The van der Waals surface area contributed by atoms with Gasteiger partial charge in [-0.25, -0.2) is 0 Å². The molecule has 16 heavy (non-hydrogen) atoms. The molecule has 0 aromatic heterocycles. The first kappa shape index (κ1) is 12.1. The highest BCUT2D eigenvalue weighted by atomic mass is 16.1. The first-order valence-corrected chi connectivity index (χ1v) is 6.98. The van der Waals surface area contributed by atoms with E-state index < -0.39 is 0 Å². The molecular weight excluding hydrogens is 198 g/mol. The van der Waals surface area contributed by atoms with Crippen LogP contribution < -0.4 is 0 Å². The number of carbonyl (C=O) groups excluding carboxylic acids is 1. The van der Waals surface area contributed by atoms with Gasteiger partial charge in [-0.1, -0.05) is 12.8 Å². The van der Waals surface area contributed by atoms with E-state index in [0.717, 1.165) is 19.3 Å². The Balaban J connectivity index is 2.06. The summed E-state index contributed by atoms with van der Waals surface area (Å²) in [5.41, 5.74) is 0. The third kappa shape index (κ3) is 2.48. The molecule has 0 amide bonds. The molecule has 1 heterocycles. The Labute approximate surface area is 99.4 Å². The number of rotatable bonds is 2. The number of Topliss-reactive ketones (excluding diaryl/α,β-unsaturated/α-hetero) is 1. The van der Waals surface area contributed by atoms with Crippen LogP contribution in [0.4, 0.5) is 0 Å². The molecular formula is C14H25NO. The van der Waals surface area contributed by atoms with Crippen LogP contribution in [0.3, 0.4) is 0 Å². The predicted octanol–water partition coefficient (Wildman–Crippen LogP) is 3.01. The maximum absolute atomic E-state index is 12.0. The number of piperidine rings is 1. The summed E-state index contributed by atoms with van der Waals surface area (Å²) in [7, 11) is 0. The van der Waals surface area contributed by atoms with Crippen molar-refractivity contribution in [3.8, 4) is 0 Å². The van der Waals surface area contributed by atoms with E-state index in [4.69, 9.17) is 0 Å². The summed E-state index contributed by atoms with van der Waals surface area (Å²) in [6, 6.07) is 1.15. The molecule has 0 N–H and O–H groups in total. The van der Waals surface area contributed by atoms with E-state index >= 15 is 0 Å². The Bertz CT molecular complexity index is 249. The normalized spacial score (nSPS) is 33.3. The van der Waals surface area contributed by atoms with E-state index in [1.807, 2.05) is 0 Å². The fraction of sp³-hybridized carbons (Fsp3) is 0.929. The summed E-state index contributed by atoms with van der Waals surface area (Å²) < 4.78 is 0. The fourth-order valence-electron chi connectivity index (χ4n) is 3.47. The zero-order valence-corrected chi connectivity index (χ0v) is 10.7. The minimum absolute atomic E-state index is 0.358. The summed E-state index contributed by atoms with van der Waals surface area (Å²) in [5.74, 6) is 0.903. The van der Waals surface area contributed by atoms with Gasteiger partial charge in [0.2, 0.25) is 0 Å². The van der Waals surface area contributed by atoms with Crippen molar-refractivity contribution in [2.75, 3.05) is 6.54 Å². The largest absolute Gasteiger partial charge is 0.299 e. The van der Waals surface area contributed by atoms with Crippen molar-refractivity contribution in [3.63, 3.8) is 0 Å². The quantitative estimate of drug-likeness (QED) is 0.717. The first-order valence-electron chi connectivity index (χ1n) is 6.98. The molecule has 2 unspecified atom stereocenters. The van der Waals surface area contributed by atoms with Gasteiger partial charge >= 0.3 is 0 Å². The van der Waals surface area contributed by atoms with Gasteiger partial charge in [0, 0.05) is 24.4 Å². The molecule has 2 rings (SSSR count). The van der Waals surface area contributed by atoms with Gasteiger partial charge in [-0.05, 0) is 46.1 Å². The van der Waals surface area contributed by atoms with E-state index in [9.17, 15) is 4.79 Å². The van der Waals surface area contributed by atoms with Crippen molar-refractivity contribution in [3.05, 3.63) is 0 Å². The zero-order chi connectivity index (χ0) is 11.5. The lowest BCUT2D eigenvalue weighted by Gasteiger charge is -2.43. The second kappa shape index (κ2) is 5.31. The van der Waals surface area contributed by atoms with Crippen LogP contribution in [0.5, 0.6) is 0 Å². The summed E-state index contributed by atoms with van der Waals surface area (Å²) >= 11 is 0.